The van der Waals surface area contributed by atoms with E-state index in [2.05, 4.69) is 14.8 Å². The van der Waals surface area contributed by atoms with E-state index in [9.17, 15) is 0 Å². The quantitative estimate of drug-likeness (QED) is 0.849. The first-order valence-electron chi connectivity index (χ1n) is 7.29. The van der Waals surface area contributed by atoms with E-state index < -0.39 is 0 Å². The molecular formula is C15H19N3O2. The average molecular weight is 273 g/mol. The zero-order valence-corrected chi connectivity index (χ0v) is 11.5. The predicted molar refractivity (Wildman–Crippen MR) is 77.0 cm³/mol. The van der Waals surface area contributed by atoms with Crippen LogP contribution in [0.4, 0.5) is 6.01 Å². The molecule has 2 saturated heterocycles. The predicted octanol–water partition coefficient (Wildman–Crippen LogP) is 1.60. The first-order valence-corrected chi connectivity index (χ1v) is 7.29. The van der Waals surface area contributed by atoms with Crippen LogP contribution in [0.5, 0.6) is 0 Å². The van der Waals surface area contributed by atoms with Gasteiger partial charge in [0, 0.05) is 38.6 Å². The molecule has 0 aliphatic carbocycles. The fourth-order valence-electron chi connectivity index (χ4n) is 2.99. The number of fused-ring (bicyclic) bond motifs is 1. The minimum absolute atomic E-state index is 0.725. The second-order valence-corrected chi connectivity index (χ2v) is 5.65. The van der Waals surface area contributed by atoms with E-state index in [4.69, 9.17) is 9.15 Å². The molecular weight excluding hydrogens is 254 g/mol. The third kappa shape index (κ3) is 2.27. The molecule has 0 radical (unpaired) electrons. The zero-order valence-electron chi connectivity index (χ0n) is 11.5. The Kier molecular flexibility index (Phi) is 3.09. The van der Waals surface area contributed by atoms with Gasteiger partial charge in [-0.25, -0.2) is 0 Å². The lowest BCUT2D eigenvalue weighted by atomic mass is 10.00. The summed E-state index contributed by atoms with van der Waals surface area (Å²) in [7, 11) is 0. The maximum absolute atomic E-state index is 5.79. The molecule has 0 atom stereocenters. The number of ether oxygens (including phenoxy) is 1. The Hall–Kier alpha value is -1.59. The van der Waals surface area contributed by atoms with Crippen LogP contribution >= 0.6 is 0 Å². The Morgan fingerprint density at radius 3 is 2.75 bits per heavy atom. The summed E-state index contributed by atoms with van der Waals surface area (Å²) in [5.41, 5.74) is 1.82. The summed E-state index contributed by atoms with van der Waals surface area (Å²) in [4.78, 5) is 9.27. The largest absolute Gasteiger partial charge is 0.423 e. The maximum atomic E-state index is 5.79. The van der Waals surface area contributed by atoms with Crippen molar-refractivity contribution in [3.63, 3.8) is 0 Å². The molecule has 2 aliphatic heterocycles. The molecule has 0 saturated carbocycles. The van der Waals surface area contributed by atoms with E-state index in [-0.39, 0.29) is 0 Å². The monoisotopic (exact) mass is 273 g/mol. The Labute approximate surface area is 118 Å². The highest BCUT2D eigenvalue weighted by atomic mass is 16.5. The topological polar surface area (TPSA) is 41.7 Å². The Morgan fingerprint density at radius 1 is 1.15 bits per heavy atom. The van der Waals surface area contributed by atoms with Crippen molar-refractivity contribution in [1.29, 1.82) is 0 Å². The molecule has 0 N–H and O–H groups in total. The van der Waals surface area contributed by atoms with Crippen molar-refractivity contribution >= 4 is 17.1 Å². The van der Waals surface area contributed by atoms with Gasteiger partial charge in [-0.3, -0.25) is 4.90 Å². The molecule has 3 heterocycles. The highest BCUT2D eigenvalue weighted by molar-refractivity contribution is 5.74. The van der Waals surface area contributed by atoms with Crippen molar-refractivity contribution in [1.82, 2.24) is 9.88 Å². The zero-order chi connectivity index (χ0) is 13.4. The fraction of sp³-hybridized carbons (Fsp3) is 0.533. The van der Waals surface area contributed by atoms with Gasteiger partial charge >= 0.3 is 0 Å². The third-order valence-electron chi connectivity index (χ3n) is 4.13. The summed E-state index contributed by atoms with van der Waals surface area (Å²) in [5, 5.41) is 0. The molecule has 1 aromatic heterocycles. The second-order valence-electron chi connectivity index (χ2n) is 5.65. The van der Waals surface area contributed by atoms with Crippen LogP contribution in [0, 0.1) is 5.92 Å². The van der Waals surface area contributed by atoms with Crippen molar-refractivity contribution in [2.45, 2.75) is 0 Å². The fourth-order valence-corrected chi connectivity index (χ4v) is 2.99. The molecule has 2 aliphatic rings. The molecule has 106 valence electrons. The van der Waals surface area contributed by atoms with Crippen LogP contribution in [0.15, 0.2) is 28.7 Å². The van der Waals surface area contributed by atoms with Crippen LogP contribution in [-0.4, -0.2) is 55.8 Å². The normalized spacial score (nSPS) is 21.3. The summed E-state index contributed by atoms with van der Waals surface area (Å²) in [6, 6.07) is 8.70. The van der Waals surface area contributed by atoms with Crippen molar-refractivity contribution in [3.05, 3.63) is 24.3 Å². The SMILES string of the molecule is c1ccc2oc(N3CC(CN4CCOCC4)C3)nc2c1. The van der Waals surface area contributed by atoms with E-state index in [0.29, 0.717) is 0 Å². The van der Waals surface area contributed by atoms with Crippen LogP contribution in [0.25, 0.3) is 11.1 Å². The molecule has 4 rings (SSSR count). The number of para-hydroxylation sites is 2. The molecule has 0 spiro atoms. The summed E-state index contributed by atoms with van der Waals surface area (Å²) < 4.78 is 11.2. The van der Waals surface area contributed by atoms with Gasteiger partial charge in [0.15, 0.2) is 5.58 Å². The van der Waals surface area contributed by atoms with Gasteiger partial charge in [-0.15, -0.1) is 0 Å². The lowest BCUT2D eigenvalue weighted by Gasteiger charge is -2.41. The van der Waals surface area contributed by atoms with Crippen LogP contribution in [0.3, 0.4) is 0 Å². The molecule has 0 unspecified atom stereocenters. The molecule has 2 aromatic rings. The van der Waals surface area contributed by atoms with E-state index >= 15 is 0 Å². The first kappa shape index (κ1) is 12.2. The standard InChI is InChI=1S/C15H19N3O2/c1-2-4-14-13(3-1)16-15(20-14)18-10-12(11-18)9-17-5-7-19-8-6-17/h1-4,12H,5-11H2. The minimum Gasteiger partial charge on any atom is -0.423 e. The number of aromatic nitrogens is 1. The number of morpholine rings is 1. The second kappa shape index (κ2) is 5.07. The number of rotatable bonds is 3. The van der Waals surface area contributed by atoms with Crippen molar-refractivity contribution < 1.29 is 9.15 Å². The Balaban J connectivity index is 1.36. The minimum atomic E-state index is 0.725. The van der Waals surface area contributed by atoms with Gasteiger partial charge < -0.3 is 14.1 Å². The van der Waals surface area contributed by atoms with Gasteiger partial charge in [0.1, 0.15) is 5.52 Å². The molecule has 5 heteroatoms. The van der Waals surface area contributed by atoms with Crippen LogP contribution < -0.4 is 4.90 Å². The van der Waals surface area contributed by atoms with Gasteiger partial charge in [0.2, 0.25) is 0 Å². The van der Waals surface area contributed by atoms with E-state index in [1.165, 1.54) is 6.54 Å². The number of oxazole rings is 1. The molecule has 5 nitrogen and oxygen atoms in total. The van der Waals surface area contributed by atoms with Gasteiger partial charge in [0.25, 0.3) is 6.01 Å². The summed E-state index contributed by atoms with van der Waals surface area (Å²) >= 11 is 0. The van der Waals surface area contributed by atoms with Crippen molar-refractivity contribution in [3.8, 4) is 0 Å². The molecule has 2 fully saturated rings. The molecule has 0 bridgehead atoms. The van der Waals surface area contributed by atoms with Gasteiger partial charge in [-0.05, 0) is 12.1 Å². The Bertz CT molecular complexity index is 553. The summed E-state index contributed by atoms with van der Waals surface area (Å²) in [6.07, 6.45) is 0. The van der Waals surface area contributed by atoms with Gasteiger partial charge in [0.05, 0.1) is 13.2 Å². The van der Waals surface area contributed by atoms with E-state index in [1.807, 2.05) is 24.3 Å². The lowest BCUT2D eigenvalue weighted by Crippen LogP contribution is -2.53. The van der Waals surface area contributed by atoms with Gasteiger partial charge in [-0.2, -0.15) is 4.98 Å². The van der Waals surface area contributed by atoms with Crippen LogP contribution in [0.1, 0.15) is 0 Å². The van der Waals surface area contributed by atoms with Crippen LogP contribution in [-0.2, 0) is 4.74 Å². The van der Waals surface area contributed by atoms with Crippen LogP contribution in [0.2, 0.25) is 0 Å². The highest BCUT2D eigenvalue weighted by Gasteiger charge is 2.31. The van der Waals surface area contributed by atoms with Gasteiger partial charge in [-0.1, -0.05) is 12.1 Å². The van der Waals surface area contributed by atoms with Crippen molar-refractivity contribution in [2.24, 2.45) is 5.92 Å². The summed E-state index contributed by atoms with van der Waals surface area (Å²) in [6.45, 7) is 7.15. The van der Waals surface area contributed by atoms with E-state index in [0.717, 1.165) is 62.4 Å². The van der Waals surface area contributed by atoms with E-state index in [1.54, 1.807) is 0 Å². The number of anilines is 1. The lowest BCUT2D eigenvalue weighted by molar-refractivity contribution is 0.0283. The van der Waals surface area contributed by atoms with Crippen molar-refractivity contribution in [2.75, 3.05) is 50.8 Å². The number of benzene rings is 1. The number of nitrogens with zero attached hydrogens (tertiary/aromatic N) is 3. The average Bonchev–Trinajstić information content (AvgIpc) is 2.86. The summed E-state index contributed by atoms with van der Waals surface area (Å²) in [5.74, 6) is 0.725. The molecule has 20 heavy (non-hydrogen) atoms. The molecule has 0 amide bonds. The first-order chi connectivity index (χ1) is 9.88. The number of hydrogen-bond donors (Lipinski definition) is 0. The third-order valence-corrected chi connectivity index (χ3v) is 4.13. The highest BCUT2D eigenvalue weighted by Crippen LogP contribution is 2.28. The maximum Gasteiger partial charge on any atom is 0.298 e. The number of hydrogen-bond acceptors (Lipinski definition) is 5. The smallest absolute Gasteiger partial charge is 0.298 e. The molecule has 1 aromatic carbocycles. The Morgan fingerprint density at radius 2 is 1.95 bits per heavy atom.